The molecule has 37 heavy (non-hydrogen) atoms. The first-order valence-corrected chi connectivity index (χ1v) is 34.6. The molecule has 0 radical (unpaired) electrons. The number of unbranched alkanes of at least 4 members (excludes halogenated alkanes) is 6. The Labute approximate surface area is 253 Å². The zero-order valence-corrected chi connectivity index (χ0v) is 33.6. The van der Waals surface area contributed by atoms with Gasteiger partial charge in [0.2, 0.25) is 0 Å². The molecular weight excluding hydrogens is 721 g/mol. The molecule has 0 bridgehead atoms. The van der Waals surface area contributed by atoms with Crippen LogP contribution in [0.3, 0.4) is 0 Å². The fourth-order valence-electron chi connectivity index (χ4n) is 4.95. The normalized spacial score (nSPS) is 11.4. The van der Waals surface area contributed by atoms with E-state index in [1.54, 1.807) is 24.6 Å². The SMILES string of the molecule is CCC[CH2][Sn]([CH2]CCC)([CH2]CCC)[c]1cccs1.CCC[CH2][Sn]([Cl])([CH2]CCC)[CH2]CCC.c1ccsc1. The number of hydrogen-bond acceptors (Lipinski definition) is 2. The van der Waals surface area contributed by atoms with Gasteiger partial charge in [-0.25, -0.2) is 0 Å². The van der Waals surface area contributed by atoms with E-state index in [-0.39, 0.29) is 0 Å². The maximum atomic E-state index is 6.89. The Kier molecular flexibility index (Phi) is 27.1. The van der Waals surface area contributed by atoms with E-state index < -0.39 is 35.6 Å². The number of thiophene rings is 2. The summed E-state index contributed by atoms with van der Waals surface area (Å²) < 4.78 is 10.9. The molecule has 0 fully saturated rings. The van der Waals surface area contributed by atoms with Crippen LogP contribution < -0.4 is 2.89 Å². The van der Waals surface area contributed by atoms with Crippen molar-refractivity contribution in [1.82, 2.24) is 0 Å². The van der Waals surface area contributed by atoms with Gasteiger partial charge >= 0.3 is 222 Å². The average Bonchev–Trinajstić information content (AvgIpc) is 3.68. The quantitative estimate of drug-likeness (QED) is 0.125. The molecule has 2 aromatic rings. The van der Waals surface area contributed by atoms with Gasteiger partial charge in [-0.05, 0) is 10.8 Å². The van der Waals surface area contributed by atoms with Crippen molar-refractivity contribution in [3.8, 4) is 0 Å². The van der Waals surface area contributed by atoms with Crippen molar-refractivity contribution in [3.05, 3.63) is 40.4 Å². The van der Waals surface area contributed by atoms with Gasteiger partial charge in [-0.3, -0.25) is 0 Å². The van der Waals surface area contributed by atoms with Crippen molar-refractivity contribution in [1.29, 1.82) is 0 Å². The summed E-state index contributed by atoms with van der Waals surface area (Å²) in [5, 5.41) is 6.39. The first kappa shape index (κ1) is 38.3. The molecule has 0 aliphatic heterocycles. The van der Waals surface area contributed by atoms with Gasteiger partial charge in [-0.2, -0.15) is 11.3 Å². The molecule has 2 heterocycles. The summed E-state index contributed by atoms with van der Waals surface area (Å²) in [4.78, 5) is 0. The van der Waals surface area contributed by atoms with E-state index >= 15 is 0 Å². The number of rotatable bonds is 19. The Hall–Kier alpha value is 1.29. The smallest absolute Gasteiger partial charge is 0.00934 e. The fraction of sp³-hybridized carbons (Fsp3) is 0.750. The van der Waals surface area contributed by atoms with Crippen LogP contribution in [0.2, 0.25) is 26.6 Å². The first-order chi connectivity index (χ1) is 18.0. The van der Waals surface area contributed by atoms with Gasteiger partial charge in [0, 0.05) is 0 Å². The van der Waals surface area contributed by atoms with Gasteiger partial charge in [-0.15, -0.1) is 0 Å². The minimum Gasteiger partial charge on any atom is -0.152 e. The fourth-order valence-corrected chi connectivity index (χ4v) is 38.5. The molecule has 0 saturated carbocycles. The van der Waals surface area contributed by atoms with Crippen molar-refractivity contribution >= 4 is 70.1 Å². The van der Waals surface area contributed by atoms with E-state index in [4.69, 9.17) is 8.92 Å². The molecule has 5 heteroatoms. The maximum absolute atomic E-state index is 6.89. The molecule has 0 unspecified atom stereocenters. The Morgan fingerprint density at radius 2 is 0.919 bits per heavy atom. The van der Waals surface area contributed by atoms with E-state index in [1.807, 2.05) is 25.8 Å². The second-order valence-electron chi connectivity index (χ2n) is 10.8. The Balaban J connectivity index is 0.000000601. The summed E-state index contributed by atoms with van der Waals surface area (Å²) in [6, 6.07) is 8.80. The topological polar surface area (TPSA) is 0 Å². The molecule has 0 aliphatic rings. The van der Waals surface area contributed by atoms with Crippen LogP contribution in [0.25, 0.3) is 0 Å². The summed E-state index contributed by atoms with van der Waals surface area (Å²) >= 11 is -0.318. The molecule has 0 aliphatic carbocycles. The minimum atomic E-state index is -2.09. The molecule has 0 amide bonds. The van der Waals surface area contributed by atoms with E-state index in [1.165, 1.54) is 90.4 Å². The number of halogens is 1. The van der Waals surface area contributed by atoms with Crippen molar-refractivity contribution in [2.24, 2.45) is 0 Å². The van der Waals surface area contributed by atoms with Crippen LogP contribution in [0, 0.1) is 0 Å². The third-order valence-corrected chi connectivity index (χ3v) is 41.8. The Morgan fingerprint density at radius 3 is 1.19 bits per heavy atom. The standard InChI is InChI=1S/C4H4S.C4H3S.6C4H9.ClH.2Sn/c2*1-2-4-5-3-1;6*1-3-4-2;;;/h1-4H;1-3H;6*1,3-4H2,2H3;1H;;/q;;;;;;;;;;+1/p-1. The Bertz CT molecular complexity index is 612. The zero-order valence-electron chi connectivity index (χ0n) is 25.5. The van der Waals surface area contributed by atoms with Crippen LogP contribution in [-0.4, -0.2) is 35.6 Å². The summed E-state index contributed by atoms with van der Waals surface area (Å²) in [6.07, 6.45) is 16.7. The molecule has 0 atom stereocenters. The molecule has 0 N–H and O–H groups in total. The molecular formula is C32H61ClS2Sn2. The van der Waals surface area contributed by atoms with Gasteiger partial charge in [-0.1, -0.05) is 12.1 Å². The third kappa shape index (κ3) is 19.1. The van der Waals surface area contributed by atoms with Gasteiger partial charge in [0.15, 0.2) is 0 Å². The molecule has 0 aromatic carbocycles. The van der Waals surface area contributed by atoms with Gasteiger partial charge < -0.3 is 0 Å². The van der Waals surface area contributed by atoms with Gasteiger partial charge in [0.1, 0.15) is 0 Å². The van der Waals surface area contributed by atoms with Crippen LogP contribution in [0.1, 0.15) is 119 Å². The van der Waals surface area contributed by atoms with E-state index in [0.29, 0.717) is 0 Å². The summed E-state index contributed by atoms with van der Waals surface area (Å²) in [5.74, 6) is 0. The number of hydrogen-bond donors (Lipinski definition) is 0. The summed E-state index contributed by atoms with van der Waals surface area (Å²) in [5.41, 5.74) is 0. The average molecular weight is 783 g/mol. The van der Waals surface area contributed by atoms with Crippen molar-refractivity contribution in [2.75, 3.05) is 0 Å². The van der Waals surface area contributed by atoms with Crippen LogP contribution in [0.15, 0.2) is 40.4 Å². The predicted octanol–water partition coefficient (Wildman–Crippen LogP) is 13.1. The second-order valence-corrected chi connectivity index (χ2v) is 43.0. The van der Waals surface area contributed by atoms with Gasteiger partial charge in [0.05, 0.1) is 0 Å². The minimum absolute atomic E-state index is 1.32. The summed E-state index contributed by atoms with van der Waals surface area (Å²) in [6.45, 7) is 13.9. The van der Waals surface area contributed by atoms with E-state index in [0.717, 1.165) is 0 Å². The van der Waals surface area contributed by atoms with Crippen LogP contribution in [-0.2, 0) is 0 Å². The molecule has 216 valence electrons. The summed E-state index contributed by atoms with van der Waals surface area (Å²) in [7, 11) is 6.89. The predicted molar refractivity (Wildman–Crippen MR) is 184 cm³/mol. The van der Waals surface area contributed by atoms with E-state index in [2.05, 4.69) is 70.4 Å². The largest absolute Gasteiger partial charge is 0.152 e. The van der Waals surface area contributed by atoms with Crippen molar-refractivity contribution in [3.63, 3.8) is 0 Å². The Morgan fingerprint density at radius 1 is 0.541 bits per heavy atom. The zero-order chi connectivity index (χ0) is 27.7. The second kappa shape index (κ2) is 26.2. The monoisotopic (exact) mass is 784 g/mol. The molecule has 2 rings (SSSR count). The maximum Gasteiger partial charge on any atom is -0.00934 e. The van der Waals surface area contributed by atoms with Gasteiger partial charge in [0.25, 0.3) is 0 Å². The molecule has 0 saturated heterocycles. The molecule has 0 nitrogen and oxygen atoms in total. The third-order valence-electron chi connectivity index (χ3n) is 7.43. The first-order valence-electron chi connectivity index (χ1n) is 15.7. The molecule has 2 aromatic heterocycles. The van der Waals surface area contributed by atoms with E-state index in [9.17, 15) is 0 Å². The van der Waals surface area contributed by atoms with Crippen LogP contribution in [0.4, 0.5) is 0 Å². The van der Waals surface area contributed by atoms with Crippen molar-refractivity contribution < 1.29 is 0 Å². The van der Waals surface area contributed by atoms with Crippen molar-refractivity contribution in [2.45, 2.75) is 145 Å². The molecule has 0 spiro atoms. The van der Waals surface area contributed by atoms with Crippen LogP contribution in [0.5, 0.6) is 0 Å². The van der Waals surface area contributed by atoms with Crippen LogP contribution >= 0.6 is 31.6 Å².